The van der Waals surface area contributed by atoms with Crippen molar-refractivity contribution in [3.63, 3.8) is 0 Å². The standard InChI is InChI=1S/C33H59NO11/c1-17-15-33(9)30(45-40-14-13-24(21(5)35)34(10)11)19(3)27(42-25-16-32(8,39-12)29(37)23(7)41-25)20(4)31(38)43-28(22(6)36)18(2)26(17)44-33/h13-14,17-30,35-37H,15-16H2,1-12H3/b14-13-/t17?,18-,19-,20+,21?,22?,23?,24?,25-,26?,27-,28+,29-,30+,32?,33+/m0/s1. The number of hydrogen-bond acceptors (Lipinski definition) is 12. The predicted molar refractivity (Wildman–Crippen MR) is 166 cm³/mol. The summed E-state index contributed by atoms with van der Waals surface area (Å²) in [6.07, 6.45) is -2.58. The Kier molecular flexibility index (Phi) is 12.9. The molecule has 16 atom stereocenters. The Morgan fingerprint density at radius 2 is 1.69 bits per heavy atom. The van der Waals surface area contributed by atoms with E-state index in [1.165, 1.54) is 13.4 Å². The quantitative estimate of drug-likeness (QED) is 0.139. The number of rotatable bonds is 10. The van der Waals surface area contributed by atoms with Gasteiger partial charge in [0.15, 0.2) is 6.29 Å². The molecule has 12 heteroatoms. The molecule has 2 bridgehead atoms. The van der Waals surface area contributed by atoms with Gasteiger partial charge in [-0.05, 0) is 74.1 Å². The van der Waals surface area contributed by atoms with Gasteiger partial charge in [-0.2, -0.15) is 4.89 Å². The summed E-state index contributed by atoms with van der Waals surface area (Å²) in [4.78, 5) is 27.5. The maximum absolute atomic E-state index is 13.8. The van der Waals surface area contributed by atoms with Gasteiger partial charge < -0.3 is 48.8 Å². The maximum atomic E-state index is 13.8. The molecule has 0 spiro atoms. The lowest BCUT2D eigenvalue weighted by atomic mass is 9.78. The van der Waals surface area contributed by atoms with Crippen LogP contribution in [0.25, 0.3) is 0 Å². The molecule has 0 aromatic carbocycles. The Balaban J connectivity index is 2.03. The minimum atomic E-state index is -0.935. The molecule has 262 valence electrons. The summed E-state index contributed by atoms with van der Waals surface area (Å²) in [5, 5.41) is 31.7. The van der Waals surface area contributed by atoms with Gasteiger partial charge in [-0.25, -0.2) is 0 Å². The van der Waals surface area contributed by atoms with Crippen molar-refractivity contribution in [3.8, 4) is 0 Å². The van der Waals surface area contributed by atoms with E-state index in [4.69, 9.17) is 33.5 Å². The average molecular weight is 646 g/mol. The monoisotopic (exact) mass is 645 g/mol. The smallest absolute Gasteiger partial charge is 0.311 e. The first-order valence-electron chi connectivity index (χ1n) is 16.3. The molecule has 3 heterocycles. The van der Waals surface area contributed by atoms with Crippen molar-refractivity contribution in [2.24, 2.45) is 23.7 Å². The molecule has 0 amide bonds. The first-order chi connectivity index (χ1) is 20.9. The summed E-state index contributed by atoms with van der Waals surface area (Å²) in [7, 11) is 5.25. The van der Waals surface area contributed by atoms with Crippen LogP contribution in [-0.2, 0) is 38.3 Å². The van der Waals surface area contributed by atoms with E-state index in [1.807, 2.05) is 39.8 Å². The molecule has 3 aliphatic rings. The lowest BCUT2D eigenvalue weighted by molar-refractivity contribution is -0.346. The highest BCUT2D eigenvalue weighted by molar-refractivity contribution is 5.73. The zero-order valence-corrected chi connectivity index (χ0v) is 29.2. The van der Waals surface area contributed by atoms with Crippen molar-refractivity contribution < 1.29 is 53.6 Å². The number of carbonyl (C=O) groups is 1. The van der Waals surface area contributed by atoms with Crippen LogP contribution in [0.1, 0.15) is 75.2 Å². The number of likely N-dealkylation sites (N-methyl/N-ethyl adjacent to an activating group) is 1. The number of ether oxygens (including phenoxy) is 5. The zero-order chi connectivity index (χ0) is 34.0. The van der Waals surface area contributed by atoms with E-state index < -0.39 is 78.0 Å². The Morgan fingerprint density at radius 3 is 2.24 bits per heavy atom. The summed E-state index contributed by atoms with van der Waals surface area (Å²) in [6.45, 7) is 16.5. The summed E-state index contributed by atoms with van der Waals surface area (Å²) in [5.74, 6) is -2.10. The van der Waals surface area contributed by atoms with E-state index in [0.717, 1.165) is 0 Å². The highest BCUT2D eigenvalue weighted by atomic mass is 17.2. The van der Waals surface area contributed by atoms with Crippen LogP contribution >= 0.6 is 0 Å². The molecule has 0 aliphatic carbocycles. The number of fused-ring (bicyclic) bond motifs is 2. The lowest BCUT2D eigenvalue weighted by Crippen LogP contribution is -2.58. The van der Waals surface area contributed by atoms with Gasteiger partial charge in [0.2, 0.25) is 0 Å². The molecule has 0 aromatic heterocycles. The number of hydrogen-bond donors (Lipinski definition) is 3. The van der Waals surface area contributed by atoms with Crippen molar-refractivity contribution in [1.29, 1.82) is 0 Å². The average Bonchev–Trinajstić information content (AvgIpc) is 3.27. The van der Waals surface area contributed by atoms with Gasteiger partial charge in [0, 0.05) is 25.4 Å². The van der Waals surface area contributed by atoms with E-state index in [2.05, 4.69) is 6.92 Å². The molecule has 3 saturated heterocycles. The van der Waals surface area contributed by atoms with Gasteiger partial charge >= 0.3 is 5.97 Å². The fraction of sp³-hybridized carbons (Fsp3) is 0.909. The highest BCUT2D eigenvalue weighted by Crippen LogP contribution is 2.47. The minimum absolute atomic E-state index is 0.0507. The molecule has 45 heavy (non-hydrogen) atoms. The number of esters is 1. The second kappa shape index (κ2) is 15.3. The maximum Gasteiger partial charge on any atom is 0.311 e. The first-order valence-corrected chi connectivity index (χ1v) is 16.3. The summed E-state index contributed by atoms with van der Waals surface area (Å²) >= 11 is 0. The van der Waals surface area contributed by atoms with Gasteiger partial charge in [0.05, 0.1) is 53.7 Å². The van der Waals surface area contributed by atoms with Crippen LogP contribution in [0.5, 0.6) is 0 Å². The predicted octanol–water partition coefficient (Wildman–Crippen LogP) is 2.81. The second-order valence-corrected chi connectivity index (χ2v) is 14.4. The molecule has 3 rings (SSSR count). The second-order valence-electron chi connectivity index (χ2n) is 14.4. The van der Waals surface area contributed by atoms with Crippen molar-refractivity contribution in [2.75, 3.05) is 21.2 Å². The van der Waals surface area contributed by atoms with Crippen molar-refractivity contribution in [3.05, 3.63) is 12.3 Å². The minimum Gasteiger partial charge on any atom is -0.459 e. The van der Waals surface area contributed by atoms with E-state index in [1.54, 1.807) is 40.7 Å². The largest absolute Gasteiger partial charge is 0.459 e. The number of aliphatic hydroxyl groups excluding tert-OH is 3. The molecule has 3 fully saturated rings. The van der Waals surface area contributed by atoms with Crippen molar-refractivity contribution in [1.82, 2.24) is 4.90 Å². The number of aliphatic hydroxyl groups is 3. The van der Waals surface area contributed by atoms with Crippen LogP contribution in [0, 0.1) is 23.7 Å². The number of methoxy groups -OCH3 is 1. The van der Waals surface area contributed by atoms with Crippen LogP contribution in [0.3, 0.4) is 0 Å². The molecule has 7 unspecified atom stereocenters. The Morgan fingerprint density at radius 1 is 1.04 bits per heavy atom. The molecular formula is C33H59NO11. The van der Waals surface area contributed by atoms with Crippen molar-refractivity contribution in [2.45, 2.75) is 148 Å². The number of carbonyl (C=O) groups excluding carboxylic acids is 1. The normalized spacial score (nSPS) is 45.2. The van der Waals surface area contributed by atoms with Crippen LogP contribution < -0.4 is 0 Å². The van der Waals surface area contributed by atoms with Gasteiger partial charge in [0.1, 0.15) is 24.6 Å². The van der Waals surface area contributed by atoms with E-state index in [9.17, 15) is 20.1 Å². The fourth-order valence-electron chi connectivity index (χ4n) is 7.60. The van der Waals surface area contributed by atoms with Gasteiger partial charge in [0.25, 0.3) is 0 Å². The molecule has 12 nitrogen and oxygen atoms in total. The Labute approximate surface area is 269 Å². The molecule has 3 aliphatic heterocycles. The molecule has 3 N–H and O–H groups in total. The van der Waals surface area contributed by atoms with Crippen molar-refractivity contribution >= 4 is 5.97 Å². The molecule has 0 aromatic rings. The van der Waals surface area contributed by atoms with Gasteiger partial charge in [-0.15, -0.1) is 0 Å². The van der Waals surface area contributed by atoms with Gasteiger partial charge in [-0.1, -0.05) is 20.8 Å². The fourth-order valence-corrected chi connectivity index (χ4v) is 7.60. The molecule has 0 radical (unpaired) electrons. The number of cyclic esters (lactones) is 1. The van der Waals surface area contributed by atoms with Crippen LogP contribution in [0.4, 0.5) is 0 Å². The van der Waals surface area contributed by atoms with E-state index >= 15 is 0 Å². The Hall–Kier alpha value is -1.35. The van der Waals surface area contributed by atoms with Crippen LogP contribution in [-0.4, -0.2) is 120 Å². The third kappa shape index (κ3) is 8.39. The number of nitrogens with zero attached hydrogens (tertiary/aromatic N) is 1. The lowest BCUT2D eigenvalue weighted by Gasteiger charge is -2.46. The SMILES string of the molecule is COC1(C)C[C@H](O[C@H]2[C@H](C)[C@@H](OO/C=C\C(C(C)O)N(C)C)[C@@]3(C)CC(C)C(O3)[C@H](C)[C@H](C(C)O)OC(=O)[C@@H]2C)OC(C)[C@@H]1O. The summed E-state index contributed by atoms with van der Waals surface area (Å²) in [6, 6.07) is -0.304. The zero-order valence-electron chi connectivity index (χ0n) is 29.2. The molecule has 0 saturated carbocycles. The summed E-state index contributed by atoms with van der Waals surface area (Å²) in [5.41, 5.74) is -1.80. The van der Waals surface area contributed by atoms with Gasteiger partial charge in [-0.3, -0.25) is 4.79 Å². The van der Waals surface area contributed by atoms with Crippen LogP contribution in [0.2, 0.25) is 0 Å². The van der Waals surface area contributed by atoms with E-state index in [-0.39, 0.29) is 30.4 Å². The van der Waals surface area contributed by atoms with E-state index in [0.29, 0.717) is 6.42 Å². The molecular weight excluding hydrogens is 586 g/mol. The first kappa shape index (κ1) is 38.1. The summed E-state index contributed by atoms with van der Waals surface area (Å²) < 4.78 is 31.2. The topological polar surface area (TPSA) is 146 Å². The third-order valence-corrected chi connectivity index (χ3v) is 10.3. The Bertz CT molecular complexity index is 986. The highest BCUT2D eigenvalue weighted by Gasteiger charge is 2.56. The van der Waals surface area contributed by atoms with Crippen LogP contribution in [0.15, 0.2) is 12.3 Å². The third-order valence-electron chi connectivity index (χ3n) is 10.3.